The lowest BCUT2D eigenvalue weighted by Gasteiger charge is -2.42. The minimum Gasteiger partial charge on any atom is -0.395 e. The predicted molar refractivity (Wildman–Crippen MR) is 102 cm³/mol. The number of carbonyl (C=O) groups is 3. The molecule has 0 bridgehead atoms. The average molecular weight is 383 g/mol. The molecular weight excluding hydrogens is 348 g/mol. The van der Waals surface area contributed by atoms with Gasteiger partial charge in [0.15, 0.2) is 0 Å². The van der Waals surface area contributed by atoms with Gasteiger partial charge in [-0.2, -0.15) is 5.01 Å². The Morgan fingerprint density at radius 1 is 1.04 bits per heavy atom. The Morgan fingerprint density at radius 2 is 1.70 bits per heavy atom. The molecule has 2 fully saturated rings. The third kappa shape index (κ3) is 6.26. The van der Waals surface area contributed by atoms with Crippen LogP contribution in [-0.2, 0) is 9.59 Å². The van der Waals surface area contributed by atoms with Crippen LogP contribution in [0, 0.1) is 11.8 Å². The molecule has 1 unspecified atom stereocenters. The molecular formula is C19H34N4O4. The molecule has 8 nitrogen and oxygen atoms in total. The second-order valence-corrected chi connectivity index (χ2v) is 7.90. The number of carbonyl (C=O) groups excluding carboxylic acids is 3. The van der Waals surface area contributed by atoms with Crippen molar-refractivity contribution >= 4 is 17.8 Å². The van der Waals surface area contributed by atoms with Crippen LogP contribution >= 0.6 is 0 Å². The van der Waals surface area contributed by atoms with Crippen LogP contribution in [0.25, 0.3) is 0 Å². The SMILES string of the molecule is CC(C)CCCCCCC1C(=O)NC(=O)N(N2CCN(CCO)CC2)C1=O. The van der Waals surface area contributed by atoms with E-state index in [4.69, 9.17) is 5.11 Å². The van der Waals surface area contributed by atoms with E-state index in [0.717, 1.165) is 24.3 Å². The Kier molecular flexibility index (Phi) is 8.66. The van der Waals surface area contributed by atoms with Gasteiger partial charge in [0, 0.05) is 32.7 Å². The average Bonchev–Trinajstić information content (AvgIpc) is 2.61. The number of nitrogens with one attached hydrogen (secondary N) is 1. The first-order valence-electron chi connectivity index (χ1n) is 10.2. The molecule has 27 heavy (non-hydrogen) atoms. The maximum absolute atomic E-state index is 12.8. The monoisotopic (exact) mass is 382 g/mol. The van der Waals surface area contributed by atoms with E-state index in [2.05, 4.69) is 24.1 Å². The van der Waals surface area contributed by atoms with E-state index >= 15 is 0 Å². The molecule has 8 heteroatoms. The number of aliphatic hydroxyl groups is 1. The number of piperazine rings is 1. The minimum absolute atomic E-state index is 0.0941. The fourth-order valence-corrected chi connectivity index (χ4v) is 3.68. The third-order valence-corrected chi connectivity index (χ3v) is 5.32. The van der Waals surface area contributed by atoms with Crippen LogP contribution in [0.5, 0.6) is 0 Å². The molecule has 1 atom stereocenters. The van der Waals surface area contributed by atoms with Crippen molar-refractivity contribution in [2.75, 3.05) is 39.3 Å². The van der Waals surface area contributed by atoms with Crippen molar-refractivity contribution in [1.82, 2.24) is 20.2 Å². The normalized spacial score (nSPS) is 22.6. The first kappa shape index (κ1) is 21.8. The zero-order valence-corrected chi connectivity index (χ0v) is 16.7. The highest BCUT2D eigenvalue weighted by Gasteiger charge is 2.43. The molecule has 0 aromatic carbocycles. The summed E-state index contributed by atoms with van der Waals surface area (Å²) in [4.78, 5) is 39.3. The van der Waals surface area contributed by atoms with Crippen molar-refractivity contribution < 1.29 is 19.5 Å². The quantitative estimate of drug-likeness (QED) is 0.436. The number of hydrogen-bond acceptors (Lipinski definition) is 6. The van der Waals surface area contributed by atoms with Gasteiger partial charge in [-0.05, 0) is 12.3 Å². The van der Waals surface area contributed by atoms with Gasteiger partial charge in [-0.3, -0.25) is 19.8 Å². The summed E-state index contributed by atoms with van der Waals surface area (Å²) in [6.45, 7) is 7.49. The van der Waals surface area contributed by atoms with Crippen molar-refractivity contribution in [2.24, 2.45) is 11.8 Å². The number of imide groups is 2. The van der Waals surface area contributed by atoms with E-state index < -0.39 is 23.8 Å². The highest BCUT2D eigenvalue weighted by Crippen LogP contribution is 2.21. The predicted octanol–water partition coefficient (Wildman–Crippen LogP) is 1.20. The van der Waals surface area contributed by atoms with Gasteiger partial charge in [0.05, 0.1) is 6.61 Å². The Labute approximate surface area is 161 Å². The molecule has 154 valence electrons. The number of hydrazine groups is 1. The van der Waals surface area contributed by atoms with Gasteiger partial charge < -0.3 is 5.11 Å². The van der Waals surface area contributed by atoms with Gasteiger partial charge in [-0.15, -0.1) is 0 Å². The first-order valence-corrected chi connectivity index (χ1v) is 10.2. The lowest BCUT2D eigenvalue weighted by atomic mass is 9.96. The molecule has 4 amide bonds. The second kappa shape index (κ2) is 10.7. The highest BCUT2D eigenvalue weighted by molar-refractivity contribution is 6.15. The second-order valence-electron chi connectivity index (χ2n) is 7.90. The van der Waals surface area contributed by atoms with Gasteiger partial charge in [-0.25, -0.2) is 9.80 Å². The zero-order valence-electron chi connectivity index (χ0n) is 16.7. The molecule has 0 radical (unpaired) electrons. The van der Waals surface area contributed by atoms with E-state index in [-0.39, 0.29) is 6.61 Å². The van der Waals surface area contributed by atoms with Crippen LogP contribution in [-0.4, -0.2) is 77.2 Å². The topological polar surface area (TPSA) is 93.2 Å². The largest absolute Gasteiger partial charge is 0.395 e. The van der Waals surface area contributed by atoms with Crippen LogP contribution in [0.1, 0.15) is 52.4 Å². The van der Waals surface area contributed by atoms with Gasteiger partial charge in [-0.1, -0.05) is 46.0 Å². The first-order chi connectivity index (χ1) is 12.9. The van der Waals surface area contributed by atoms with Gasteiger partial charge in [0.1, 0.15) is 5.92 Å². The smallest absolute Gasteiger partial charge is 0.345 e. The molecule has 0 saturated carbocycles. The van der Waals surface area contributed by atoms with E-state index in [1.807, 2.05) is 0 Å². The Hall–Kier alpha value is -1.51. The number of urea groups is 1. The van der Waals surface area contributed by atoms with Crippen molar-refractivity contribution in [3.63, 3.8) is 0 Å². The summed E-state index contributed by atoms with van der Waals surface area (Å²) in [5, 5.41) is 14.2. The number of rotatable bonds is 10. The fraction of sp³-hybridized carbons (Fsp3) is 0.842. The molecule has 2 heterocycles. The van der Waals surface area contributed by atoms with Crippen LogP contribution in [0.2, 0.25) is 0 Å². The molecule has 2 rings (SSSR count). The number of hydrogen-bond donors (Lipinski definition) is 2. The lowest BCUT2D eigenvalue weighted by molar-refractivity contribution is -0.156. The molecule has 2 N–H and O–H groups in total. The van der Waals surface area contributed by atoms with E-state index in [9.17, 15) is 14.4 Å². The van der Waals surface area contributed by atoms with Gasteiger partial charge >= 0.3 is 6.03 Å². The van der Waals surface area contributed by atoms with Crippen LogP contribution < -0.4 is 5.32 Å². The molecule has 2 saturated heterocycles. The van der Waals surface area contributed by atoms with Crippen LogP contribution in [0.3, 0.4) is 0 Å². The third-order valence-electron chi connectivity index (χ3n) is 5.32. The van der Waals surface area contributed by atoms with Gasteiger partial charge in [0.25, 0.3) is 5.91 Å². The standard InChI is InChI=1S/C19H34N4O4/c1-15(2)7-5-3-4-6-8-16-17(25)20-19(27)23(18(16)26)22-11-9-21(10-12-22)13-14-24/h15-16,24H,3-14H2,1-2H3,(H,20,25,27). The summed E-state index contributed by atoms with van der Waals surface area (Å²) in [6, 6.07) is -0.645. The molecule has 2 aliphatic rings. The number of barbiturate groups is 1. The van der Waals surface area contributed by atoms with Crippen molar-refractivity contribution in [3.8, 4) is 0 Å². The summed E-state index contributed by atoms with van der Waals surface area (Å²) >= 11 is 0. The molecule has 0 aliphatic carbocycles. The van der Waals surface area contributed by atoms with Crippen LogP contribution in [0.4, 0.5) is 4.79 Å². The van der Waals surface area contributed by atoms with Crippen molar-refractivity contribution in [2.45, 2.75) is 52.4 Å². The maximum Gasteiger partial charge on any atom is 0.345 e. The summed E-state index contributed by atoms with van der Waals surface area (Å²) in [7, 11) is 0. The highest BCUT2D eigenvalue weighted by atomic mass is 16.3. The number of unbranched alkanes of at least 4 members (excludes halogenated alkanes) is 3. The number of amides is 4. The molecule has 0 aromatic rings. The Bertz CT molecular complexity index is 518. The van der Waals surface area contributed by atoms with Crippen molar-refractivity contribution in [1.29, 1.82) is 0 Å². The van der Waals surface area contributed by atoms with Crippen molar-refractivity contribution in [3.05, 3.63) is 0 Å². The lowest BCUT2D eigenvalue weighted by Crippen LogP contribution is -2.66. The number of β-amino-alcohol motifs (C(OH)–C–C–N with tert-alkyl or cyclic N) is 1. The summed E-state index contributed by atoms with van der Waals surface area (Å²) in [5.41, 5.74) is 0. The van der Waals surface area contributed by atoms with E-state index in [1.165, 1.54) is 12.8 Å². The Balaban J connectivity index is 1.84. The molecule has 0 aromatic heterocycles. The summed E-state index contributed by atoms with van der Waals surface area (Å²) in [5.74, 6) is -0.944. The Morgan fingerprint density at radius 3 is 2.33 bits per heavy atom. The van der Waals surface area contributed by atoms with E-state index in [0.29, 0.717) is 45.1 Å². The molecule has 2 aliphatic heterocycles. The van der Waals surface area contributed by atoms with Gasteiger partial charge in [0.2, 0.25) is 5.91 Å². The minimum atomic E-state index is -0.775. The number of aliphatic hydroxyl groups excluding tert-OH is 1. The summed E-state index contributed by atoms with van der Waals surface area (Å²) < 4.78 is 0. The van der Waals surface area contributed by atoms with Crippen LogP contribution in [0.15, 0.2) is 0 Å². The molecule has 0 spiro atoms. The zero-order chi connectivity index (χ0) is 19.8. The number of nitrogens with zero attached hydrogens (tertiary/aromatic N) is 3. The fourth-order valence-electron chi connectivity index (χ4n) is 3.68. The maximum atomic E-state index is 12.8. The van der Waals surface area contributed by atoms with E-state index in [1.54, 1.807) is 5.01 Å². The summed E-state index contributed by atoms with van der Waals surface area (Å²) in [6.07, 6.45) is 5.78.